The number of hydrogen-bond donors (Lipinski definition) is 6. The van der Waals surface area contributed by atoms with Crippen LogP contribution < -0.4 is 16.0 Å². The minimum atomic E-state index is -0.739. The van der Waals surface area contributed by atoms with Crippen LogP contribution in [0, 0.1) is 35.5 Å². The molecule has 3 aliphatic rings. The molecule has 4 aromatic rings. The van der Waals surface area contributed by atoms with E-state index in [2.05, 4.69) is 69.4 Å². The van der Waals surface area contributed by atoms with Gasteiger partial charge in [0.05, 0.1) is 17.8 Å². The van der Waals surface area contributed by atoms with Gasteiger partial charge in [-0.1, -0.05) is 60.7 Å². The molecule has 6 N–H and O–H groups in total. The molecule has 0 aliphatic carbocycles. The van der Waals surface area contributed by atoms with E-state index in [1.165, 1.54) is 4.88 Å². The van der Waals surface area contributed by atoms with Crippen LogP contribution in [0.15, 0.2) is 72.8 Å². The van der Waals surface area contributed by atoms with E-state index in [1.807, 2.05) is 24.3 Å². The largest absolute Gasteiger partial charge is 0.481 e. The summed E-state index contributed by atoms with van der Waals surface area (Å²) in [5.41, 5.74) is 5.34. The third kappa shape index (κ3) is 10.2. The molecule has 4 heterocycles. The van der Waals surface area contributed by atoms with E-state index in [9.17, 15) is 29.7 Å². The van der Waals surface area contributed by atoms with Crippen molar-refractivity contribution in [2.75, 3.05) is 39.3 Å². The van der Waals surface area contributed by atoms with Crippen LogP contribution in [0.3, 0.4) is 0 Å². The predicted octanol–water partition coefficient (Wildman–Crippen LogP) is 5.66. The highest BCUT2D eigenvalue weighted by molar-refractivity contribution is 7.19. The second kappa shape index (κ2) is 18.2. The number of benzene rings is 3. The fourth-order valence-corrected chi connectivity index (χ4v) is 10.3. The average Bonchev–Trinajstić information content (AvgIpc) is 4.00. The Kier molecular flexibility index (Phi) is 13.0. The normalized spacial score (nSPS) is 21.6. The van der Waals surface area contributed by atoms with Crippen molar-refractivity contribution >= 4 is 39.3 Å². The number of carboxylic acid groups (broad SMARTS) is 3. The number of aliphatic carboxylic acids is 3. The summed E-state index contributed by atoms with van der Waals surface area (Å²) >= 11 is 1.74. The maximum absolute atomic E-state index is 12.3. The quantitative estimate of drug-likeness (QED) is 0.0749. The fourth-order valence-electron chi connectivity index (χ4n) is 9.14. The number of thiophene rings is 1. The van der Waals surface area contributed by atoms with Crippen molar-refractivity contribution in [2.45, 2.75) is 58.2 Å². The van der Waals surface area contributed by atoms with Crippen LogP contribution >= 0.6 is 11.3 Å². The van der Waals surface area contributed by atoms with Gasteiger partial charge in [-0.05, 0) is 141 Å². The first-order valence-electron chi connectivity index (χ1n) is 19.9. The Morgan fingerprint density at radius 3 is 1.44 bits per heavy atom. The van der Waals surface area contributed by atoms with Crippen LogP contribution in [0.25, 0.3) is 10.1 Å². The highest BCUT2D eigenvalue weighted by Crippen LogP contribution is 2.32. The monoisotopic (exact) mass is 766 g/mol. The third-order valence-corrected chi connectivity index (χ3v) is 13.2. The zero-order chi connectivity index (χ0) is 38.3. The number of nitrogens with zero attached hydrogens (tertiary/aromatic N) is 1. The molecule has 0 bridgehead atoms. The van der Waals surface area contributed by atoms with Crippen LogP contribution in [0.2, 0.25) is 0 Å². The van der Waals surface area contributed by atoms with Gasteiger partial charge >= 0.3 is 17.9 Å². The first kappa shape index (κ1) is 39.1. The van der Waals surface area contributed by atoms with Gasteiger partial charge < -0.3 is 31.3 Å². The topological polar surface area (TPSA) is 151 Å². The summed E-state index contributed by atoms with van der Waals surface area (Å²) < 4.78 is 1.15. The Labute approximate surface area is 327 Å². The van der Waals surface area contributed by atoms with E-state index in [0.29, 0.717) is 38.9 Å². The number of carboxylic acids is 3. The first-order chi connectivity index (χ1) is 26.7. The maximum Gasteiger partial charge on any atom is 0.307 e. The summed E-state index contributed by atoms with van der Waals surface area (Å²) in [5, 5.41) is 41.3. The van der Waals surface area contributed by atoms with Crippen LogP contribution in [-0.2, 0) is 53.3 Å². The van der Waals surface area contributed by atoms with Crippen LogP contribution in [0.5, 0.6) is 0 Å². The number of rotatable bonds is 18. The molecule has 3 fully saturated rings. The van der Waals surface area contributed by atoms with Gasteiger partial charge in [-0.25, -0.2) is 0 Å². The minimum Gasteiger partial charge on any atom is -0.481 e. The van der Waals surface area contributed by atoms with Crippen LogP contribution in [0.1, 0.15) is 52.0 Å². The Morgan fingerprint density at radius 2 is 1.02 bits per heavy atom. The molecule has 3 aromatic carbocycles. The van der Waals surface area contributed by atoms with E-state index in [-0.39, 0.29) is 17.8 Å². The number of carbonyl (C=O) groups is 3. The van der Waals surface area contributed by atoms with Gasteiger partial charge in [-0.3, -0.25) is 19.3 Å². The SMILES string of the molecule is O=C(O)[C@@H](Cc1cccc(CN(Cc2cccc(C[C@H](C(=O)O)[C@H]3CCNC3)c2)Cc2cc3ccc(C[C@H](C(=O)O)[C@H]4CCNC4)cc3s2)c1)[C@H]1CCNC1. The minimum absolute atomic E-state index is 0.124. The predicted molar refractivity (Wildman–Crippen MR) is 215 cm³/mol. The Balaban J connectivity index is 1.12. The second-order valence-corrected chi connectivity index (χ2v) is 17.2. The molecule has 1 aromatic heterocycles. The van der Waals surface area contributed by atoms with Gasteiger partial charge in [0, 0.05) is 29.2 Å². The smallest absolute Gasteiger partial charge is 0.307 e. The summed E-state index contributed by atoms with van der Waals surface area (Å²) in [4.78, 5) is 40.4. The lowest BCUT2D eigenvalue weighted by atomic mass is 9.86. The van der Waals surface area contributed by atoms with Gasteiger partial charge in [0.2, 0.25) is 0 Å². The number of nitrogens with one attached hydrogen (secondary N) is 3. The van der Waals surface area contributed by atoms with E-state index < -0.39 is 35.7 Å². The molecule has 55 heavy (non-hydrogen) atoms. The zero-order valence-electron chi connectivity index (χ0n) is 31.4. The van der Waals surface area contributed by atoms with Crippen molar-refractivity contribution in [3.63, 3.8) is 0 Å². The summed E-state index contributed by atoms with van der Waals surface area (Å²) in [5.74, 6) is -3.08. The van der Waals surface area contributed by atoms with Crippen molar-refractivity contribution in [1.82, 2.24) is 20.9 Å². The molecule has 3 saturated heterocycles. The molecular weight excluding hydrogens is 713 g/mol. The van der Waals surface area contributed by atoms with E-state index in [1.54, 1.807) is 11.3 Å². The molecule has 0 amide bonds. The van der Waals surface area contributed by atoms with Gasteiger partial charge in [0.15, 0.2) is 0 Å². The van der Waals surface area contributed by atoms with Gasteiger partial charge in [-0.2, -0.15) is 0 Å². The van der Waals surface area contributed by atoms with Crippen molar-refractivity contribution < 1.29 is 29.7 Å². The zero-order valence-corrected chi connectivity index (χ0v) is 32.2. The second-order valence-electron chi connectivity index (χ2n) is 16.1. The third-order valence-electron chi connectivity index (χ3n) is 12.1. The van der Waals surface area contributed by atoms with Crippen molar-refractivity contribution in [1.29, 1.82) is 0 Å². The lowest BCUT2D eigenvalue weighted by Gasteiger charge is -2.24. The van der Waals surface area contributed by atoms with Gasteiger partial charge in [0.1, 0.15) is 0 Å². The van der Waals surface area contributed by atoms with E-state index >= 15 is 0 Å². The molecule has 0 radical (unpaired) electrons. The molecule has 10 nitrogen and oxygen atoms in total. The standard InChI is InChI=1S/C44H54N4O6S/c49-42(50)38(34-9-12-45-22-34)17-28-3-1-5-31(15-28)25-48(26-32-6-2-4-29(16-32)18-39(43(51)52)35-10-13-46-23-35)27-37-21-33-8-7-30(20-41(33)55-37)19-40(44(53)54)36-11-14-47-24-36/h1-8,15-16,20-21,34-36,38-40,45-47H,9-14,17-19,22-27H2,(H,49,50)(H,51,52)(H,53,54)/t34-,35-,36-,38-,39-,40-/m0/s1. The molecule has 292 valence electrons. The van der Waals surface area contributed by atoms with E-state index in [4.69, 9.17) is 0 Å². The van der Waals surface area contributed by atoms with Crippen LogP contribution in [-0.4, -0.2) is 77.4 Å². The fraction of sp³-hybridized carbons (Fsp3) is 0.477. The molecular formula is C44H54N4O6S. The van der Waals surface area contributed by atoms with Crippen LogP contribution in [0.4, 0.5) is 0 Å². The summed E-state index contributed by atoms with van der Waals surface area (Å²) in [6, 6.07) is 25.3. The van der Waals surface area contributed by atoms with Gasteiger partial charge in [0.25, 0.3) is 0 Å². The van der Waals surface area contributed by atoms with Crippen molar-refractivity contribution in [3.8, 4) is 0 Å². The molecule has 0 saturated carbocycles. The van der Waals surface area contributed by atoms with E-state index in [0.717, 1.165) is 96.4 Å². The van der Waals surface area contributed by atoms with Gasteiger partial charge in [-0.15, -0.1) is 11.3 Å². The molecule has 0 unspecified atom stereocenters. The molecule has 7 rings (SSSR count). The lowest BCUT2D eigenvalue weighted by molar-refractivity contribution is -0.144. The molecule has 0 spiro atoms. The first-order valence-corrected chi connectivity index (χ1v) is 20.7. The van der Waals surface area contributed by atoms with Crippen molar-refractivity contribution in [3.05, 3.63) is 105 Å². The average molecular weight is 767 g/mol. The lowest BCUT2D eigenvalue weighted by Crippen LogP contribution is -2.27. The molecule has 3 aliphatic heterocycles. The molecule has 6 atom stereocenters. The van der Waals surface area contributed by atoms with Crippen molar-refractivity contribution in [2.24, 2.45) is 35.5 Å². The summed E-state index contributed by atoms with van der Waals surface area (Å²) in [6.45, 7) is 6.81. The Hall–Kier alpha value is -4.13. The number of hydrogen-bond acceptors (Lipinski definition) is 8. The Bertz CT molecular complexity index is 1870. The number of fused-ring (bicyclic) bond motifs is 1. The molecule has 11 heteroatoms. The highest BCUT2D eigenvalue weighted by Gasteiger charge is 2.33. The maximum atomic E-state index is 12.3. The summed E-state index contributed by atoms with van der Waals surface area (Å²) in [6.07, 6.45) is 4.16. The Morgan fingerprint density at radius 1 is 0.582 bits per heavy atom. The highest BCUT2D eigenvalue weighted by atomic mass is 32.1. The summed E-state index contributed by atoms with van der Waals surface area (Å²) in [7, 11) is 0.